The van der Waals surface area contributed by atoms with E-state index in [1.165, 1.54) is 57.8 Å². The molecule has 0 heterocycles. The van der Waals surface area contributed by atoms with Crippen LogP contribution in [0, 0.1) is 0 Å². The lowest BCUT2D eigenvalue weighted by atomic mass is 9.87. The molecule has 2 heteroatoms. The zero-order valence-electron chi connectivity index (χ0n) is 10.0. The lowest BCUT2D eigenvalue weighted by Crippen LogP contribution is -2.43. The monoisotopic (exact) mass is 213 g/mol. The van der Waals surface area contributed by atoms with Crippen LogP contribution in [0.2, 0.25) is 0 Å². The highest BCUT2D eigenvalue weighted by molar-refractivity contribution is 4.83. The van der Waals surface area contributed by atoms with Gasteiger partial charge in [-0.3, -0.25) is 0 Å². The number of rotatable bonds is 1. The van der Waals surface area contributed by atoms with Crippen LogP contribution >= 0.6 is 0 Å². The summed E-state index contributed by atoms with van der Waals surface area (Å²) in [5.74, 6) is 0. The minimum atomic E-state index is -0.279. The standard InChI is InChI=1S/C13H27NO/c14-13(12-15)10-8-6-4-2-1-3-5-7-9-11-13/h15H,1-12,14H2. The minimum absolute atomic E-state index is 0.160. The van der Waals surface area contributed by atoms with Gasteiger partial charge in [0.25, 0.3) is 0 Å². The van der Waals surface area contributed by atoms with Crippen molar-refractivity contribution in [1.82, 2.24) is 0 Å². The predicted octanol–water partition coefficient (Wildman–Crippen LogP) is 2.98. The average Bonchev–Trinajstić information content (AvgIpc) is 2.23. The molecule has 0 aliphatic heterocycles. The summed E-state index contributed by atoms with van der Waals surface area (Å²) in [6, 6.07) is 0. The highest BCUT2D eigenvalue weighted by Crippen LogP contribution is 2.22. The van der Waals surface area contributed by atoms with E-state index in [2.05, 4.69) is 0 Å². The molecular formula is C13H27NO. The van der Waals surface area contributed by atoms with Crippen molar-refractivity contribution in [2.24, 2.45) is 5.73 Å². The Morgan fingerprint density at radius 1 is 0.733 bits per heavy atom. The summed E-state index contributed by atoms with van der Waals surface area (Å²) in [4.78, 5) is 0. The van der Waals surface area contributed by atoms with Crippen LogP contribution in [0.4, 0.5) is 0 Å². The van der Waals surface area contributed by atoms with E-state index in [-0.39, 0.29) is 12.1 Å². The maximum absolute atomic E-state index is 9.33. The molecule has 0 atom stereocenters. The summed E-state index contributed by atoms with van der Waals surface area (Å²) in [5, 5.41) is 9.33. The van der Waals surface area contributed by atoms with Gasteiger partial charge >= 0.3 is 0 Å². The highest BCUT2D eigenvalue weighted by atomic mass is 16.3. The molecule has 2 nitrogen and oxygen atoms in total. The van der Waals surface area contributed by atoms with E-state index in [9.17, 15) is 5.11 Å². The van der Waals surface area contributed by atoms with Crippen molar-refractivity contribution in [3.63, 3.8) is 0 Å². The Bertz CT molecular complexity index is 147. The van der Waals surface area contributed by atoms with Gasteiger partial charge in [-0.15, -0.1) is 0 Å². The number of hydrogen-bond acceptors (Lipinski definition) is 2. The maximum Gasteiger partial charge on any atom is 0.0611 e. The van der Waals surface area contributed by atoms with E-state index in [0.717, 1.165) is 12.8 Å². The van der Waals surface area contributed by atoms with Crippen molar-refractivity contribution < 1.29 is 5.11 Å². The van der Waals surface area contributed by atoms with Crippen molar-refractivity contribution in [1.29, 1.82) is 0 Å². The number of hydrogen-bond donors (Lipinski definition) is 2. The molecule has 0 unspecified atom stereocenters. The Kier molecular flexibility index (Phi) is 6.26. The molecule has 3 N–H and O–H groups in total. The number of nitrogens with two attached hydrogens (primary N) is 1. The molecular weight excluding hydrogens is 186 g/mol. The quantitative estimate of drug-likeness (QED) is 0.703. The van der Waals surface area contributed by atoms with Gasteiger partial charge in [-0.2, -0.15) is 0 Å². The van der Waals surface area contributed by atoms with Gasteiger partial charge in [-0.25, -0.2) is 0 Å². The fourth-order valence-electron chi connectivity index (χ4n) is 2.47. The van der Waals surface area contributed by atoms with E-state index in [4.69, 9.17) is 5.73 Å². The van der Waals surface area contributed by atoms with Gasteiger partial charge in [-0.05, 0) is 12.8 Å². The maximum atomic E-state index is 9.33. The molecule has 0 bridgehead atoms. The van der Waals surface area contributed by atoms with Crippen molar-refractivity contribution in [3.05, 3.63) is 0 Å². The number of aliphatic hydroxyl groups excluding tert-OH is 1. The van der Waals surface area contributed by atoms with Gasteiger partial charge in [0, 0.05) is 5.54 Å². The normalized spacial score (nSPS) is 25.2. The van der Waals surface area contributed by atoms with Gasteiger partial charge in [0.2, 0.25) is 0 Å². The molecule has 0 amide bonds. The average molecular weight is 213 g/mol. The molecule has 1 aliphatic rings. The largest absolute Gasteiger partial charge is 0.394 e. The molecule has 1 fully saturated rings. The van der Waals surface area contributed by atoms with Gasteiger partial charge in [0.15, 0.2) is 0 Å². The molecule has 1 saturated carbocycles. The Morgan fingerprint density at radius 3 is 1.40 bits per heavy atom. The first-order chi connectivity index (χ1) is 7.27. The second-order valence-corrected chi connectivity index (χ2v) is 5.20. The molecule has 1 aliphatic carbocycles. The van der Waals surface area contributed by atoms with Gasteiger partial charge < -0.3 is 10.8 Å². The van der Waals surface area contributed by atoms with Gasteiger partial charge in [-0.1, -0.05) is 57.8 Å². The molecule has 90 valence electrons. The third-order valence-corrected chi connectivity index (χ3v) is 3.66. The molecule has 0 aromatic carbocycles. The van der Waals surface area contributed by atoms with Crippen molar-refractivity contribution >= 4 is 0 Å². The van der Waals surface area contributed by atoms with Gasteiger partial charge in [0.05, 0.1) is 6.61 Å². The number of aliphatic hydroxyl groups is 1. The van der Waals surface area contributed by atoms with Gasteiger partial charge in [0.1, 0.15) is 0 Å². The smallest absolute Gasteiger partial charge is 0.0611 e. The second-order valence-electron chi connectivity index (χ2n) is 5.20. The Labute approximate surface area is 94.2 Å². The van der Waals surface area contributed by atoms with E-state index >= 15 is 0 Å². The lowest BCUT2D eigenvalue weighted by molar-refractivity contribution is 0.171. The van der Waals surface area contributed by atoms with Crippen LogP contribution in [0.5, 0.6) is 0 Å². The first-order valence-electron chi connectivity index (χ1n) is 6.67. The summed E-state index contributed by atoms with van der Waals surface area (Å²) in [7, 11) is 0. The zero-order valence-corrected chi connectivity index (χ0v) is 10.0. The van der Waals surface area contributed by atoms with E-state index in [0.29, 0.717) is 0 Å². The Balaban J connectivity index is 2.32. The summed E-state index contributed by atoms with van der Waals surface area (Å²) >= 11 is 0. The minimum Gasteiger partial charge on any atom is -0.394 e. The highest BCUT2D eigenvalue weighted by Gasteiger charge is 2.22. The summed E-state index contributed by atoms with van der Waals surface area (Å²) in [5.41, 5.74) is 5.91. The molecule has 0 radical (unpaired) electrons. The molecule has 0 aromatic heterocycles. The molecule has 1 rings (SSSR count). The van der Waals surface area contributed by atoms with Crippen LogP contribution in [0.3, 0.4) is 0 Å². The first kappa shape index (κ1) is 13.0. The molecule has 15 heavy (non-hydrogen) atoms. The molecule has 0 aromatic rings. The van der Waals surface area contributed by atoms with Crippen LogP contribution in [-0.2, 0) is 0 Å². The van der Waals surface area contributed by atoms with E-state index in [1.807, 2.05) is 0 Å². The summed E-state index contributed by atoms with van der Waals surface area (Å²) in [6.07, 6.45) is 13.9. The summed E-state index contributed by atoms with van der Waals surface area (Å²) < 4.78 is 0. The van der Waals surface area contributed by atoms with Crippen LogP contribution in [-0.4, -0.2) is 17.3 Å². The van der Waals surface area contributed by atoms with Crippen molar-refractivity contribution in [2.75, 3.05) is 6.61 Å². The fraction of sp³-hybridized carbons (Fsp3) is 1.00. The third-order valence-electron chi connectivity index (χ3n) is 3.66. The van der Waals surface area contributed by atoms with Crippen LogP contribution in [0.25, 0.3) is 0 Å². The van der Waals surface area contributed by atoms with Crippen LogP contribution in [0.1, 0.15) is 70.6 Å². The fourth-order valence-corrected chi connectivity index (χ4v) is 2.47. The SMILES string of the molecule is NC1(CO)CCCCCCCCCCC1. The predicted molar refractivity (Wildman–Crippen MR) is 64.8 cm³/mol. The third kappa shape index (κ3) is 5.53. The first-order valence-corrected chi connectivity index (χ1v) is 6.67. The summed E-state index contributed by atoms with van der Waals surface area (Å²) in [6.45, 7) is 0.160. The van der Waals surface area contributed by atoms with E-state index in [1.54, 1.807) is 0 Å². The van der Waals surface area contributed by atoms with Crippen LogP contribution in [0.15, 0.2) is 0 Å². The van der Waals surface area contributed by atoms with E-state index < -0.39 is 0 Å². The van der Waals surface area contributed by atoms with Crippen LogP contribution < -0.4 is 5.73 Å². The molecule has 0 spiro atoms. The van der Waals surface area contributed by atoms with Crippen molar-refractivity contribution in [3.8, 4) is 0 Å². The topological polar surface area (TPSA) is 46.2 Å². The van der Waals surface area contributed by atoms with Crippen molar-refractivity contribution in [2.45, 2.75) is 76.2 Å². The molecule has 0 saturated heterocycles. The lowest BCUT2D eigenvalue weighted by Gasteiger charge is -2.27. The second kappa shape index (κ2) is 7.24. The Hall–Kier alpha value is -0.0800. The Morgan fingerprint density at radius 2 is 1.07 bits per heavy atom. The zero-order chi connectivity index (χ0) is 11.0.